The third-order valence-electron chi connectivity index (χ3n) is 11.2. The summed E-state index contributed by atoms with van der Waals surface area (Å²) >= 11 is 0. The van der Waals surface area contributed by atoms with E-state index in [4.69, 9.17) is 0 Å². The molecule has 0 unspecified atom stereocenters. The zero-order valence-corrected chi connectivity index (χ0v) is 30.1. The van der Waals surface area contributed by atoms with Crippen LogP contribution in [0.4, 0.5) is 0 Å². The summed E-state index contributed by atoms with van der Waals surface area (Å²) in [6.07, 6.45) is 0. The molecule has 0 aromatic heterocycles. The van der Waals surface area contributed by atoms with Gasteiger partial charge in [0, 0.05) is 22.3 Å². The lowest BCUT2D eigenvalue weighted by molar-refractivity contribution is 0.462. The standard InChI is InChI=1S/C40H50Si2/c1-29(2)39(5,6)41(9,10)27-25-33-23-21-31-17-13-15-19-35(31)37(33)38-34(24-22-32-18-14-16-20-36(32)38)26-28-42(11,12)40(7,8)30(3)4/h13-24,29-30H,1-12H3. The molecule has 0 atom stereocenters. The second-order valence-corrected chi connectivity index (χ2v) is 24.5. The van der Waals surface area contributed by atoms with E-state index in [1.165, 1.54) is 32.7 Å². The summed E-state index contributed by atoms with van der Waals surface area (Å²) in [7, 11) is -3.78. The minimum atomic E-state index is -1.89. The van der Waals surface area contributed by atoms with Crippen LogP contribution in [0.3, 0.4) is 0 Å². The molecular weight excluding hydrogens is 537 g/mol. The molecule has 0 heterocycles. The monoisotopic (exact) mass is 586 g/mol. The number of benzene rings is 4. The zero-order chi connectivity index (χ0) is 31.1. The lowest BCUT2D eigenvalue weighted by Gasteiger charge is -2.39. The van der Waals surface area contributed by atoms with Crippen molar-refractivity contribution in [2.24, 2.45) is 11.8 Å². The second-order valence-electron chi connectivity index (χ2n) is 14.9. The van der Waals surface area contributed by atoms with Crippen molar-refractivity contribution in [1.82, 2.24) is 0 Å². The molecule has 0 spiro atoms. The molecule has 0 amide bonds. The van der Waals surface area contributed by atoms with Crippen molar-refractivity contribution in [3.05, 3.63) is 83.9 Å². The average Bonchev–Trinajstić information content (AvgIpc) is 2.94. The Hall–Kier alpha value is -3.05. The van der Waals surface area contributed by atoms with Crippen LogP contribution in [0.25, 0.3) is 32.7 Å². The molecular formula is C40H50Si2. The highest BCUT2D eigenvalue weighted by molar-refractivity contribution is 6.88. The summed E-state index contributed by atoms with van der Waals surface area (Å²) in [4.78, 5) is 0. The molecule has 218 valence electrons. The molecule has 4 rings (SSSR count). The number of rotatable bonds is 5. The Morgan fingerprint density at radius 3 is 1.17 bits per heavy atom. The summed E-state index contributed by atoms with van der Waals surface area (Å²) in [6.45, 7) is 28.7. The largest absolute Gasteiger partial charge is 0.138 e. The summed E-state index contributed by atoms with van der Waals surface area (Å²) in [5.41, 5.74) is 12.4. The maximum atomic E-state index is 3.89. The Morgan fingerprint density at radius 1 is 0.500 bits per heavy atom. The normalized spacial score (nSPS) is 12.8. The van der Waals surface area contributed by atoms with Crippen molar-refractivity contribution in [2.45, 2.75) is 91.7 Å². The highest BCUT2D eigenvalue weighted by Gasteiger charge is 2.41. The number of hydrogen-bond donors (Lipinski definition) is 0. The number of hydrogen-bond acceptors (Lipinski definition) is 0. The molecule has 4 aromatic rings. The minimum absolute atomic E-state index is 0.201. The van der Waals surface area contributed by atoms with Gasteiger partial charge in [0.05, 0.1) is 0 Å². The van der Waals surface area contributed by atoms with Crippen LogP contribution in [0.2, 0.25) is 36.3 Å². The quantitative estimate of drug-likeness (QED) is 0.161. The Labute approximate surface area is 258 Å². The van der Waals surface area contributed by atoms with Crippen LogP contribution in [0.1, 0.15) is 66.5 Å². The molecule has 0 aliphatic heterocycles. The van der Waals surface area contributed by atoms with Gasteiger partial charge in [0.1, 0.15) is 16.1 Å². The highest BCUT2D eigenvalue weighted by Crippen LogP contribution is 2.45. The van der Waals surface area contributed by atoms with Gasteiger partial charge in [0.25, 0.3) is 0 Å². The van der Waals surface area contributed by atoms with Crippen LogP contribution < -0.4 is 0 Å². The second kappa shape index (κ2) is 11.6. The molecule has 2 heteroatoms. The molecule has 0 saturated carbocycles. The first-order valence-electron chi connectivity index (χ1n) is 15.6. The van der Waals surface area contributed by atoms with Gasteiger partial charge in [-0.3, -0.25) is 0 Å². The number of fused-ring (bicyclic) bond motifs is 2. The Kier molecular flexibility index (Phi) is 8.78. The Bertz CT molecular complexity index is 1610. The third kappa shape index (κ3) is 5.77. The topological polar surface area (TPSA) is 0 Å². The summed E-state index contributed by atoms with van der Waals surface area (Å²) in [5, 5.41) is 5.36. The van der Waals surface area contributed by atoms with Crippen LogP contribution in [0, 0.1) is 34.8 Å². The van der Waals surface area contributed by atoms with Crippen LogP contribution in [0.15, 0.2) is 72.8 Å². The van der Waals surface area contributed by atoms with Crippen LogP contribution in [0.5, 0.6) is 0 Å². The average molecular weight is 587 g/mol. The van der Waals surface area contributed by atoms with E-state index >= 15 is 0 Å². The molecule has 42 heavy (non-hydrogen) atoms. The summed E-state index contributed by atoms with van der Waals surface area (Å²) < 4.78 is 0. The summed E-state index contributed by atoms with van der Waals surface area (Å²) in [6, 6.07) is 26.5. The van der Waals surface area contributed by atoms with E-state index in [1.54, 1.807) is 0 Å². The molecule has 0 fully saturated rings. The molecule has 0 aliphatic rings. The minimum Gasteiger partial charge on any atom is -0.126 e. The van der Waals surface area contributed by atoms with Gasteiger partial charge in [-0.1, -0.05) is 154 Å². The van der Waals surface area contributed by atoms with Crippen molar-refractivity contribution in [3.8, 4) is 34.1 Å². The van der Waals surface area contributed by atoms with E-state index in [2.05, 4.69) is 177 Å². The van der Waals surface area contributed by atoms with Crippen molar-refractivity contribution in [1.29, 1.82) is 0 Å². The van der Waals surface area contributed by atoms with Crippen molar-refractivity contribution >= 4 is 37.7 Å². The highest BCUT2D eigenvalue weighted by atomic mass is 28.3. The molecule has 0 bridgehead atoms. The molecule has 0 saturated heterocycles. The van der Waals surface area contributed by atoms with Crippen molar-refractivity contribution < 1.29 is 0 Å². The fraction of sp³-hybridized carbons (Fsp3) is 0.400. The SMILES string of the molecule is CC(C)C(C)(C)[Si](C)(C)C#Cc1ccc2ccccc2c1-c1c(C#C[Si](C)(C)C(C)(C)C(C)C)ccc2ccccc12. The van der Waals surface area contributed by atoms with Gasteiger partial charge in [0.2, 0.25) is 0 Å². The lowest BCUT2D eigenvalue weighted by atomic mass is 9.87. The van der Waals surface area contributed by atoms with Gasteiger partial charge in [0.15, 0.2) is 0 Å². The molecule has 4 aromatic carbocycles. The van der Waals surface area contributed by atoms with E-state index in [-0.39, 0.29) is 10.1 Å². The van der Waals surface area contributed by atoms with E-state index in [0.717, 1.165) is 11.1 Å². The van der Waals surface area contributed by atoms with Crippen LogP contribution in [-0.4, -0.2) is 16.1 Å². The lowest BCUT2D eigenvalue weighted by Crippen LogP contribution is -2.41. The van der Waals surface area contributed by atoms with Crippen molar-refractivity contribution in [3.63, 3.8) is 0 Å². The predicted molar refractivity (Wildman–Crippen MR) is 193 cm³/mol. The molecule has 0 radical (unpaired) electrons. The summed E-state index contributed by atoms with van der Waals surface area (Å²) in [5.74, 6) is 8.71. The van der Waals surface area contributed by atoms with Crippen LogP contribution >= 0.6 is 0 Å². The maximum absolute atomic E-state index is 3.89. The zero-order valence-electron chi connectivity index (χ0n) is 28.1. The molecule has 0 aliphatic carbocycles. The smallest absolute Gasteiger partial charge is 0.126 e. The molecule has 0 nitrogen and oxygen atoms in total. The van der Waals surface area contributed by atoms with E-state index in [0.29, 0.717) is 11.8 Å². The van der Waals surface area contributed by atoms with Gasteiger partial charge in [-0.05, 0) is 55.6 Å². The fourth-order valence-electron chi connectivity index (χ4n) is 5.50. The first-order valence-corrected chi connectivity index (χ1v) is 21.6. The third-order valence-corrected chi connectivity index (χ3v) is 20.3. The van der Waals surface area contributed by atoms with Gasteiger partial charge >= 0.3 is 0 Å². The Balaban J connectivity index is 2.08. The van der Waals surface area contributed by atoms with Crippen LogP contribution in [-0.2, 0) is 0 Å². The van der Waals surface area contributed by atoms with E-state index in [1.807, 2.05) is 0 Å². The van der Waals surface area contributed by atoms with Gasteiger partial charge < -0.3 is 0 Å². The predicted octanol–water partition coefficient (Wildman–Crippen LogP) is 11.7. The maximum Gasteiger partial charge on any atom is 0.138 e. The first kappa shape index (κ1) is 31.9. The van der Waals surface area contributed by atoms with E-state index < -0.39 is 16.1 Å². The van der Waals surface area contributed by atoms with E-state index in [9.17, 15) is 0 Å². The van der Waals surface area contributed by atoms with Gasteiger partial charge in [-0.15, -0.1) is 11.1 Å². The van der Waals surface area contributed by atoms with Crippen molar-refractivity contribution in [2.75, 3.05) is 0 Å². The molecule has 0 N–H and O–H groups in total. The fourth-order valence-corrected chi connectivity index (χ4v) is 9.93. The first-order chi connectivity index (χ1) is 19.5. The van der Waals surface area contributed by atoms with Gasteiger partial charge in [-0.2, -0.15) is 0 Å². The Morgan fingerprint density at radius 2 is 0.833 bits per heavy atom. The van der Waals surface area contributed by atoms with Gasteiger partial charge in [-0.25, -0.2) is 0 Å².